The van der Waals surface area contributed by atoms with E-state index in [1.165, 1.54) is 18.2 Å². The minimum Gasteiger partial charge on any atom is -0.478 e. The zero-order valence-corrected chi connectivity index (χ0v) is 10.7. The van der Waals surface area contributed by atoms with Gasteiger partial charge in [-0.05, 0) is 19.1 Å². The molecular weight excluding hydrogens is 258 g/mol. The maximum Gasteiger partial charge on any atom is 0.337 e. The second kappa shape index (κ2) is 6.36. The largest absolute Gasteiger partial charge is 0.478 e. The summed E-state index contributed by atoms with van der Waals surface area (Å²) in [6, 6.07) is 5.83. The lowest BCUT2D eigenvalue weighted by molar-refractivity contribution is 0.0698. The second-order valence-electron chi connectivity index (χ2n) is 3.47. The smallest absolute Gasteiger partial charge is 0.337 e. The summed E-state index contributed by atoms with van der Waals surface area (Å²) in [6.07, 6.45) is 0. The number of anilines is 1. The molecule has 6 nitrogen and oxygen atoms in total. The summed E-state index contributed by atoms with van der Waals surface area (Å²) in [5.74, 6) is -1.40. The quantitative estimate of drug-likeness (QED) is 0.727. The van der Waals surface area contributed by atoms with Crippen molar-refractivity contribution in [3.05, 3.63) is 29.8 Å². The molecule has 1 aromatic rings. The normalized spacial score (nSPS) is 11.2. The number of aromatic carboxylic acids is 1. The molecule has 18 heavy (non-hydrogen) atoms. The fourth-order valence-electron chi connectivity index (χ4n) is 1.29. The van der Waals surface area contributed by atoms with Gasteiger partial charge in [0.05, 0.1) is 23.6 Å². The highest BCUT2D eigenvalue weighted by Gasteiger charge is 2.15. The molecule has 0 aromatic heterocycles. The van der Waals surface area contributed by atoms with Gasteiger partial charge in [0.15, 0.2) is 0 Å². The van der Waals surface area contributed by atoms with Crippen LogP contribution in [0.2, 0.25) is 0 Å². The van der Waals surface area contributed by atoms with E-state index in [4.69, 9.17) is 9.84 Å². The number of hydrogen-bond acceptors (Lipinski definition) is 4. The van der Waals surface area contributed by atoms with Crippen LogP contribution < -0.4 is 4.72 Å². The molecule has 100 valence electrons. The molecule has 0 saturated heterocycles. The summed E-state index contributed by atoms with van der Waals surface area (Å²) in [4.78, 5) is 10.9. The van der Waals surface area contributed by atoms with E-state index in [0.717, 1.165) is 0 Å². The number of nitrogens with one attached hydrogen (secondary N) is 1. The van der Waals surface area contributed by atoms with Crippen LogP contribution >= 0.6 is 0 Å². The van der Waals surface area contributed by atoms with Gasteiger partial charge in [-0.2, -0.15) is 0 Å². The molecule has 0 aliphatic heterocycles. The molecule has 0 spiro atoms. The van der Waals surface area contributed by atoms with Crippen LogP contribution in [0.4, 0.5) is 5.69 Å². The number of hydrogen-bond donors (Lipinski definition) is 2. The Morgan fingerprint density at radius 1 is 1.39 bits per heavy atom. The van der Waals surface area contributed by atoms with Crippen molar-refractivity contribution in [2.45, 2.75) is 6.92 Å². The number of carbonyl (C=O) groups is 1. The molecule has 0 atom stereocenters. The van der Waals surface area contributed by atoms with E-state index in [0.29, 0.717) is 6.61 Å². The monoisotopic (exact) mass is 273 g/mol. The summed E-state index contributed by atoms with van der Waals surface area (Å²) in [5.41, 5.74) is -0.0287. The van der Waals surface area contributed by atoms with E-state index in [-0.39, 0.29) is 23.6 Å². The summed E-state index contributed by atoms with van der Waals surface area (Å²) >= 11 is 0. The molecule has 0 bridgehead atoms. The topological polar surface area (TPSA) is 92.7 Å². The first-order chi connectivity index (χ1) is 8.46. The number of ether oxygens (including phenoxy) is 1. The first-order valence-corrected chi connectivity index (χ1v) is 7.02. The Hall–Kier alpha value is -1.60. The molecular formula is C11H15NO5S. The lowest BCUT2D eigenvalue weighted by atomic mass is 10.2. The average Bonchev–Trinajstić information content (AvgIpc) is 2.29. The first kappa shape index (κ1) is 14.5. The third-order valence-electron chi connectivity index (χ3n) is 2.12. The van der Waals surface area contributed by atoms with Crippen molar-refractivity contribution in [1.29, 1.82) is 0 Å². The standard InChI is InChI=1S/C11H15NO5S/c1-2-17-7-8-18(15,16)12-10-6-4-3-5-9(10)11(13)14/h3-6,12H,2,7-8H2,1H3,(H,13,14). The molecule has 1 rings (SSSR count). The van der Waals surface area contributed by atoms with Crippen LogP contribution in [0.25, 0.3) is 0 Å². The molecule has 0 aliphatic carbocycles. The molecule has 1 aromatic carbocycles. The lowest BCUT2D eigenvalue weighted by Gasteiger charge is -2.10. The van der Waals surface area contributed by atoms with E-state index in [2.05, 4.69) is 4.72 Å². The Bertz CT molecular complexity index is 512. The zero-order chi connectivity index (χ0) is 13.6. The predicted molar refractivity (Wildman–Crippen MR) is 67.3 cm³/mol. The van der Waals surface area contributed by atoms with Gasteiger partial charge in [0, 0.05) is 6.61 Å². The van der Waals surface area contributed by atoms with E-state index in [9.17, 15) is 13.2 Å². The summed E-state index contributed by atoms with van der Waals surface area (Å²) in [6.45, 7) is 2.27. The van der Waals surface area contributed by atoms with Crippen molar-refractivity contribution in [2.75, 3.05) is 23.7 Å². The van der Waals surface area contributed by atoms with Crippen molar-refractivity contribution >= 4 is 21.7 Å². The van der Waals surface area contributed by atoms with Gasteiger partial charge >= 0.3 is 5.97 Å². The number of benzene rings is 1. The molecule has 0 radical (unpaired) electrons. The Kier molecular flexibility index (Phi) is 5.11. The van der Waals surface area contributed by atoms with Crippen LogP contribution in [0, 0.1) is 0 Å². The second-order valence-corrected chi connectivity index (χ2v) is 5.31. The minimum absolute atomic E-state index is 0.0569. The van der Waals surface area contributed by atoms with Gasteiger partial charge in [-0.3, -0.25) is 4.72 Å². The molecule has 0 amide bonds. The number of carboxylic acid groups (broad SMARTS) is 1. The number of para-hydroxylation sites is 1. The Morgan fingerprint density at radius 2 is 2.06 bits per heavy atom. The molecule has 0 unspecified atom stereocenters. The molecule has 0 fully saturated rings. The summed E-state index contributed by atoms with van der Waals surface area (Å²) < 4.78 is 30.5. The number of rotatable bonds is 7. The Morgan fingerprint density at radius 3 is 2.67 bits per heavy atom. The lowest BCUT2D eigenvalue weighted by Crippen LogP contribution is -2.21. The summed E-state index contributed by atoms with van der Waals surface area (Å²) in [7, 11) is -3.60. The fourth-order valence-corrected chi connectivity index (χ4v) is 2.24. The van der Waals surface area contributed by atoms with Crippen molar-refractivity contribution in [3.63, 3.8) is 0 Å². The number of sulfonamides is 1. The summed E-state index contributed by atoms with van der Waals surface area (Å²) in [5, 5.41) is 8.92. The maximum absolute atomic E-state index is 11.7. The van der Waals surface area contributed by atoms with Gasteiger partial charge in [-0.25, -0.2) is 13.2 Å². The highest BCUT2D eigenvalue weighted by atomic mass is 32.2. The van der Waals surface area contributed by atoms with E-state index < -0.39 is 16.0 Å². The molecule has 0 saturated carbocycles. The molecule has 0 aliphatic rings. The van der Waals surface area contributed by atoms with Gasteiger partial charge < -0.3 is 9.84 Å². The van der Waals surface area contributed by atoms with E-state index in [1.807, 2.05) is 0 Å². The van der Waals surface area contributed by atoms with Crippen LogP contribution in [0.5, 0.6) is 0 Å². The highest BCUT2D eigenvalue weighted by Crippen LogP contribution is 2.16. The third kappa shape index (κ3) is 4.34. The highest BCUT2D eigenvalue weighted by molar-refractivity contribution is 7.92. The van der Waals surface area contributed by atoms with E-state index in [1.54, 1.807) is 13.0 Å². The van der Waals surface area contributed by atoms with Crippen molar-refractivity contribution in [2.24, 2.45) is 0 Å². The van der Waals surface area contributed by atoms with Crippen molar-refractivity contribution in [3.8, 4) is 0 Å². The molecule has 0 heterocycles. The first-order valence-electron chi connectivity index (χ1n) is 5.37. The molecule has 7 heteroatoms. The average molecular weight is 273 g/mol. The van der Waals surface area contributed by atoms with Crippen molar-refractivity contribution < 1.29 is 23.1 Å². The van der Waals surface area contributed by atoms with Gasteiger partial charge in [-0.1, -0.05) is 12.1 Å². The van der Waals surface area contributed by atoms with Gasteiger partial charge in [-0.15, -0.1) is 0 Å². The van der Waals surface area contributed by atoms with Crippen molar-refractivity contribution in [1.82, 2.24) is 0 Å². The maximum atomic E-state index is 11.7. The Balaban J connectivity index is 2.81. The van der Waals surface area contributed by atoms with Crippen LogP contribution in [-0.4, -0.2) is 38.5 Å². The van der Waals surface area contributed by atoms with E-state index >= 15 is 0 Å². The molecule has 2 N–H and O–H groups in total. The fraction of sp³-hybridized carbons (Fsp3) is 0.364. The third-order valence-corrected chi connectivity index (χ3v) is 3.36. The van der Waals surface area contributed by atoms with Crippen LogP contribution in [0.15, 0.2) is 24.3 Å². The van der Waals surface area contributed by atoms with Crippen LogP contribution in [-0.2, 0) is 14.8 Å². The van der Waals surface area contributed by atoms with Crippen LogP contribution in [0.1, 0.15) is 17.3 Å². The van der Waals surface area contributed by atoms with Crippen LogP contribution in [0.3, 0.4) is 0 Å². The SMILES string of the molecule is CCOCCS(=O)(=O)Nc1ccccc1C(=O)O. The Labute approximate surface area is 106 Å². The zero-order valence-electron chi connectivity index (χ0n) is 9.92. The van der Waals surface area contributed by atoms with Gasteiger partial charge in [0.1, 0.15) is 0 Å². The predicted octanol–water partition coefficient (Wildman–Crippen LogP) is 1.16. The van der Waals surface area contributed by atoms with Gasteiger partial charge in [0.25, 0.3) is 0 Å². The number of carboxylic acids is 1. The van der Waals surface area contributed by atoms with Gasteiger partial charge in [0.2, 0.25) is 10.0 Å². The minimum atomic E-state index is -3.60.